The first-order chi connectivity index (χ1) is 9.74. The van der Waals surface area contributed by atoms with Crippen LogP contribution >= 0.6 is 0 Å². The van der Waals surface area contributed by atoms with Crippen molar-refractivity contribution < 1.29 is 9.53 Å². The van der Waals surface area contributed by atoms with Crippen LogP contribution in [-0.4, -0.2) is 48.1 Å². The summed E-state index contributed by atoms with van der Waals surface area (Å²) >= 11 is 0. The molecule has 0 aliphatic carbocycles. The van der Waals surface area contributed by atoms with Crippen LogP contribution in [0.5, 0.6) is 0 Å². The molecule has 3 rings (SSSR count). The van der Waals surface area contributed by atoms with E-state index in [1.54, 1.807) is 0 Å². The number of fused-ring (bicyclic) bond motifs is 4. The monoisotopic (exact) mass is 276 g/mol. The van der Waals surface area contributed by atoms with E-state index >= 15 is 0 Å². The number of carbonyl (C=O) groups is 1. The first kappa shape index (κ1) is 14.9. The van der Waals surface area contributed by atoms with Gasteiger partial charge in [-0.15, -0.1) is 0 Å². The minimum Gasteiger partial charge on any atom is -0.411 e. The molecule has 0 saturated carbocycles. The van der Waals surface area contributed by atoms with Crippen molar-refractivity contribution in [2.75, 3.05) is 26.2 Å². The number of allylic oxidation sites excluding steroid dienone is 5. The summed E-state index contributed by atoms with van der Waals surface area (Å²) in [6.45, 7) is 7.78. The number of rotatable bonds is 3. The van der Waals surface area contributed by atoms with Gasteiger partial charge >= 0.3 is 6.09 Å². The maximum absolute atomic E-state index is 12.3. The summed E-state index contributed by atoms with van der Waals surface area (Å²) in [6, 6.07) is 0.346. The van der Waals surface area contributed by atoms with Gasteiger partial charge in [-0.1, -0.05) is 18.2 Å². The zero-order valence-electron chi connectivity index (χ0n) is 12.4. The number of amides is 1. The summed E-state index contributed by atoms with van der Waals surface area (Å²) in [4.78, 5) is 16.7. The van der Waals surface area contributed by atoms with Crippen molar-refractivity contribution in [1.29, 1.82) is 0 Å². The van der Waals surface area contributed by atoms with E-state index in [0.29, 0.717) is 11.8 Å². The lowest BCUT2D eigenvalue weighted by Crippen LogP contribution is -2.41. The van der Waals surface area contributed by atoms with Gasteiger partial charge in [-0.25, -0.2) is 4.79 Å². The van der Waals surface area contributed by atoms with Crippen LogP contribution in [0, 0.1) is 0 Å². The number of carbonyl (C=O) groups excluding carboxylic acids is 1. The van der Waals surface area contributed by atoms with E-state index in [1.165, 1.54) is 0 Å². The molecule has 110 valence electrons. The van der Waals surface area contributed by atoms with Crippen molar-refractivity contribution in [3.63, 3.8) is 0 Å². The molecule has 0 N–H and O–H groups in total. The van der Waals surface area contributed by atoms with Crippen LogP contribution < -0.4 is 0 Å². The molecular formula is C16H24N2O2. The number of hydrogen-bond acceptors (Lipinski definition) is 3. The fourth-order valence-electron chi connectivity index (χ4n) is 2.74. The molecule has 3 heterocycles. The van der Waals surface area contributed by atoms with Gasteiger partial charge in [0.2, 0.25) is 0 Å². The van der Waals surface area contributed by atoms with Gasteiger partial charge in [0, 0.05) is 32.2 Å². The van der Waals surface area contributed by atoms with E-state index in [2.05, 4.69) is 4.90 Å². The molecule has 20 heavy (non-hydrogen) atoms. The summed E-state index contributed by atoms with van der Waals surface area (Å²) in [5.41, 5.74) is 0. The van der Waals surface area contributed by atoms with Crippen LogP contribution in [0.15, 0.2) is 36.1 Å². The molecule has 4 nitrogen and oxygen atoms in total. The van der Waals surface area contributed by atoms with Gasteiger partial charge in [0.05, 0.1) is 0 Å². The van der Waals surface area contributed by atoms with Gasteiger partial charge in [-0.3, -0.25) is 0 Å². The van der Waals surface area contributed by atoms with Gasteiger partial charge in [0.15, 0.2) is 0 Å². The van der Waals surface area contributed by atoms with Crippen LogP contribution in [0.4, 0.5) is 4.79 Å². The molecule has 1 amide bonds. The second-order valence-corrected chi connectivity index (χ2v) is 5.21. The van der Waals surface area contributed by atoms with Crippen molar-refractivity contribution in [3.05, 3.63) is 36.1 Å². The van der Waals surface area contributed by atoms with Crippen LogP contribution in [-0.2, 0) is 4.74 Å². The molecule has 0 spiro atoms. The van der Waals surface area contributed by atoms with Crippen molar-refractivity contribution in [2.24, 2.45) is 0 Å². The van der Waals surface area contributed by atoms with Gasteiger partial charge in [0.1, 0.15) is 5.76 Å². The quantitative estimate of drug-likeness (QED) is 0.587. The van der Waals surface area contributed by atoms with Crippen LogP contribution in [0.1, 0.15) is 26.7 Å². The minimum atomic E-state index is -0.211. The zero-order chi connectivity index (χ0) is 14.4. The predicted molar refractivity (Wildman–Crippen MR) is 80.4 cm³/mol. The molecule has 0 unspecified atom stereocenters. The second-order valence-electron chi connectivity index (χ2n) is 5.21. The second kappa shape index (κ2) is 7.29. The highest BCUT2D eigenvalue weighted by Gasteiger charge is 2.32. The van der Waals surface area contributed by atoms with Crippen molar-refractivity contribution in [3.8, 4) is 0 Å². The zero-order valence-corrected chi connectivity index (χ0v) is 12.4. The highest BCUT2D eigenvalue weighted by molar-refractivity contribution is 5.70. The molecule has 0 aromatic heterocycles. The van der Waals surface area contributed by atoms with Crippen LogP contribution in [0.25, 0.3) is 0 Å². The number of piperidine rings is 1. The topological polar surface area (TPSA) is 32.8 Å². The van der Waals surface area contributed by atoms with E-state index in [0.717, 1.165) is 39.0 Å². The third-order valence-electron chi connectivity index (χ3n) is 3.94. The molecule has 3 aliphatic rings. The summed E-state index contributed by atoms with van der Waals surface area (Å²) in [7, 11) is 0. The molecule has 4 heteroatoms. The number of nitrogens with zero attached hydrogens (tertiary/aromatic N) is 2. The van der Waals surface area contributed by atoms with Gasteiger partial charge in [0.25, 0.3) is 0 Å². The summed E-state index contributed by atoms with van der Waals surface area (Å²) in [6.07, 6.45) is 11.3. The van der Waals surface area contributed by atoms with E-state index in [1.807, 2.05) is 49.1 Å². The fraction of sp³-hybridized carbons (Fsp3) is 0.562. The fourth-order valence-corrected chi connectivity index (χ4v) is 2.74. The molecule has 2 bridgehead atoms. The van der Waals surface area contributed by atoms with Gasteiger partial charge < -0.3 is 14.5 Å². The lowest BCUT2D eigenvalue weighted by Gasteiger charge is -2.30. The molecule has 0 atom stereocenters. The Bertz CT molecular complexity index is 418. The summed E-state index contributed by atoms with van der Waals surface area (Å²) in [5.74, 6) is 0.604. The Labute approximate surface area is 121 Å². The predicted octanol–water partition coefficient (Wildman–Crippen LogP) is 2.94. The largest absolute Gasteiger partial charge is 0.415 e. The average Bonchev–Trinajstić information content (AvgIpc) is 2.80. The standard InChI is InChI=1S/C16H24N2O2/c1-3-5-6-7-15(4-2)20-16(19)18-13-12-17-10-8-14(18)9-11-17/h3-7,14H,8-13H2,1-2H3/b5-3-,7-6-,15-4+. The molecule has 0 radical (unpaired) electrons. The van der Waals surface area contributed by atoms with Crippen LogP contribution in [0.3, 0.4) is 0 Å². The lowest BCUT2D eigenvalue weighted by atomic mass is 10.1. The Balaban J connectivity index is 1.96. The average molecular weight is 276 g/mol. The van der Waals surface area contributed by atoms with E-state index in [-0.39, 0.29) is 6.09 Å². The lowest BCUT2D eigenvalue weighted by molar-refractivity contribution is 0.112. The maximum atomic E-state index is 12.3. The van der Waals surface area contributed by atoms with E-state index < -0.39 is 0 Å². The summed E-state index contributed by atoms with van der Waals surface area (Å²) < 4.78 is 5.50. The summed E-state index contributed by atoms with van der Waals surface area (Å²) in [5, 5.41) is 0. The first-order valence-corrected chi connectivity index (χ1v) is 7.41. The smallest absolute Gasteiger partial charge is 0.411 e. The molecule has 3 saturated heterocycles. The van der Waals surface area contributed by atoms with E-state index in [4.69, 9.17) is 4.74 Å². The molecule has 0 aromatic carbocycles. The van der Waals surface area contributed by atoms with Gasteiger partial charge in [-0.2, -0.15) is 0 Å². The Kier molecular flexibility index (Phi) is 5.41. The molecular weight excluding hydrogens is 252 g/mol. The Morgan fingerprint density at radius 1 is 1.10 bits per heavy atom. The van der Waals surface area contributed by atoms with Crippen molar-refractivity contribution in [2.45, 2.75) is 32.7 Å². The van der Waals surface area contributed by atoms with E-state index in [9.17, 15) is 4.79 Å². The number of ether oxygens (including phenoxy) is 1. The molecule has 0 aromatic rings. The van der Waals surface area contributed by atoms with Crippen LogP contribution in [0.2, 0.25) is 0 Å². The minimum absolute atomic E-state index is 0.211. The van der Waals surface area contributed by atoms with Crippen molar-refractivity contribution in [1.82, 2.24) is 9.80 Å². The Morgan fingerprint density at radius 3 is 2.50 bits per heavy atom. The SMILES string of the molecule is C\C=C/C=C\C(=C/C)OC(=O)N1CCN2CCC1CC2. The normalized spacial score (nSPS) is 27.3. The highest BCUT2D eigenvalue weighted by atomic mass is 16.6. The first-order valence-electron chi connectivity index (χ1n) is 7.41. The Morgan fingerprint density at radius 2 is 1.85 bits per heavy atom. The van der Waals surface area contributed by atoms with Gasteiger partial charge in [-0.05, 0) is 38.8 Å². The third kappa shape index (κ3) is 3.73. The maximum Gasteiger partial charge on any atom is 0.415 e. The highest BCUT2D eigenvalue weighted by Crippen LogP contribution is 2.22. The Hall–Kier alpha value is -1.55. The third-order valence-corrected chi connectivity index (χ3v) is 3.94. The molecule has 3 fully saturated rings. The van der Waals surface area contributed by atoms with Crippen molar-refractivity contribution >= 4 is 6.09 Å². The number of hydrogen-bond donors (Lipinski definition) is 0. The molecule has 3 aliphatic heterocycles.